The first-order valence-electron chi connectivity index (χ1n) is 15.8. The number of rotatable bonds is 12. The summed E-state index contributed by atoms with van der Waals surface area (Å²) in [5, 5.41) is 12.8. The Morgan fingerprint density at radius 3 is 2.38 bits per heavy atom. The Labute approximate surface area is 285 Å². The van der Waals surface area contributed by atoms with Gasteiger partial charge in [0.1, 0.15) is 17.4 Å². The number of ketones is 1. The summed E-state index contributed by atoms with van der Waals surface area (Å²) in [4.78, 5) is 48.9. The highest BCUT2D eigenvalue weighted by atomic mass is 35.5. The molecule has 0 bridgehead atoms. The molecule has 1 fully saturated rings. The quantitative estimate of drug-likeness (QED) is 0.123. The molecule has 2 aromatic heterocycles. The van der Waals surface area contributed by atoms with E-state index in [1.165, 1.54) is 20.4 Å². The van der Waals surface area contributed by atoms with Gasteiger partial charge in [-0.05, 0) is 79.3 Å². The first kappa shape index (κ1) is 34.8. The van der Waals surface area contributed by atoms with Gasteiger partial charge < -0.3 is 19.9 Å². The van der Waals surface area contributed by atoms with Gasteiger partial charge in [-0.15, -0.1) is 0 Å². The van der Waals surface area contributed by atoms with Gasteiger partial charge in [0.15, 0.2) is 12.1 Å². The second kappa shape index (κ2) is 15.6. The highest BCUT2D eigenvalue weighted by Crippen LogP contribution is 2.37. The van der Waals surface area contributed by atoms with Gasteiger partial charge in [0, 0.05) is 50.7 Å². The van der Waals surface area contributed by atoms with E-state index in [2.05, 4.69) is 15.3 Å². The van der Waals surface area contributed by atoms with Crippen molar-refractivity contribution in [2.45, 2.75) is 58.4 Å². The third-order valence-corrected chi connectivity index (χ3v) is 9.24. The minimum atomic E-state index is -0.801. The zero-order valence-corrected chi connectivity index (χ0v) is 28.2. The Morgan fingerprint density at radius 1 is 0.958 bits per heavy atom. The van der Waals surface area contributed by atoms with Crippen LogP contribution in [0.4, 0.5) is 5.69 Å². The SMILES string of the molecule is COC(OC)c1ccc(C(=O)Nc2cccc(-c3cccc(CC(=O)c4cc(C)c(CN5CCCC[C@H]5C(=O)O)cn4)c3C)c2Cl)nc1. The normalized spacial score (nSPS) is 15.0. The number of carboxylic acids is 1. The average Bonchev–Trinajstić information content (AvgIpc) is 3.08. The number of Topliss-reactive ketones (excluding diaryl/α,β-unsaturated/α-hetero) is 1. The summed E-state index contributed by atoms with van der Waals surface area (Å²) in [6.45, 7) is 5.08. The van der Waals surface area contributed by atoms with Crippen molar-refractivity contribution in [2.24, 2.45) is 0 Å². The third-order valence-electron chi connectivity index (χ3n) is 8.83. The molecule has 1 amide bonds. The van der Waals surface area contributed by atoms with Crippen molar-refractivity contribution in [3.8, 4) is 11.1 Å². The fraction of sp³-hybridized carbons (Fsp3) is 0.324. The van der Waals surface area contributed by atoms with E-state index >= 15 is 0 Å². The maximum absolute atomic E-state index is 13.4. The number of carbonyl (C=O) groups excluding carboxylic acids is 2. The number of hydrogen-bond donors (Lipinski definition) is 2. The Hall–Kier alpha value is -4.48. The minimum Gasteiger partial charge on any atom is -0.480 e. The zero-order valence-electron chi connectivity index (χ0n) is 27.5. The van der Waals surface area contributed by atoms with E-state index in [4.69, 9.17) is 21.1 Å². The molecule has 10 nitrogen and oxygen atoms in total. The molecular weight excluding hydrogens is 632 g/mol. The maximum atomic E-state index is 13.4. The molecule has 11 heteroatoms. The van der Waals surface area contributed by atoms with E-state index in [-0.39, 0.29) is 17.9 Å². The summed E-state index contributed by atoms with van der Waals surface area (Å²) in [6, 6.07) is 15.7. The van der Waals surface area contributed by atoms with Gasteiger partial charge in [0.05, 0.1) is 10.7 Å². The Kier molecular flexibility index (Phi) is 11.3. The van der Waals surface area contributed by atoms with E-state index in [1.807, 2.05) is 49.1 Å². The van der Waals surface area contributed by atoms with Gasteiger partial charge in [0.2, 0.25) is 0 Å². The number of methoxy groups -OCH3 is 2. The highest BCUT2D eigenvalue weighted by Gasteiger charge is 2.29. The fourth-order valence-electron chi connectivity index (χ4n) is 6.08. The number of carboxylic acid groups (broad SMARTS) is 1. The number of nitrogens with zero attached hydrogens (tertiary/aromatic N) is 3. The molecular formula is C37H39ClN4O6. The molecule has 0 radical (unpaired) electrons. The number of halogens is 1. The number of nitrogens with one attached hydrogen (secondary N) is 1. The molecule has 0 unspecified atom stereocenters. The predicted molar refractivity (Wildman–Crippen MR) is 183 cm³/mol. The molecule has 1 aliphatic rings. The number of carbonyl (C=O) groups is 3. The summed E-state index contributed by atoms with van der Waals surface area (Å²) < 4.78 is 10.5. The molecule has 2 N–H and O–H groups in total. The van der Waals surface area contributed by atoms with Crippen LogP contribution >= 0.6 is 11.6 Å². The van der Waals surface area contributed by atoms with Crippen molar-refractivity contribution in [3.63, 3.8) is 0 Å². The van der Waals surface area contributed by atoms with Crippen molar-refractivity contribution >= 4 is 34.9 Å². The van der Waals surface area contributed by atoms with E-state index in [1.54, 1.807) is 30.5 Å². The number of hydrogen-bond acceptors (Lipinski definition) is 8. The second-order valence-electron chi connectivity index (χ2n) is 11.9. The monoisotopic (exact) mass is 670 g/mol. The van der Waals surface area contributed by atoms with Crippen molar-refractivity contribution in [1.29, 1.82) is 0 Å². The van der Waals surface area contributed by atoms with Crippen molar-refractivity contribution in [1.82, 2.24) is 14.9 Å². The molecule has 5 rings (SSSR count). The summed E-state index contributed by atoms with van der Waals surface area (Å²) in [6.07, 6.45) is 5.29. The number of aromatic nitrogens is 2. The first-order chi connectivity index (χ1) is 23.1. The molecule has 3 heterocycles. The van der Waals surface area contributed by atoms with Crippen LogP contribution in [0.2, 0.25) is 5.02 Å². The summed E-state index contributed by atoms with van der Waals surface area (Å²) >= 11 is 6.85. The number of piperidine rings is 1. The second-order valence-corrected chi connectivity index (χ2v) is 12.3. The highest BCUT2D eigenvalue weighted by molar-refractivity contribution is 6.36. The number of ether oxygens (including phenoxy) is 2. The number of aryl methyl sites for hydroxylation is 1. The first-order valence-corrected chi connectivity index (χ1v) is 16.1. The molecule has 0 saturated carbocycles. The van der Waals surface area contributed by atoms with Crippen LogP contribution in [0.3, 0.4) is 0 Å². The van der Waals surface area contributed by atoms with Crippen LogP contribution < -0.4 is 5.32 Å². The lowest BCUT2D eigenvalue weighted by Crippen LogP contribution is -2.44. The lowest BCUT2D eigenvalue weighted by atomic mass is 9.93. The number of aliphatic carboxylic acids is 1. The van der Waals surface area contributed by atoms with E-state index in [0.717, 1.165) is 47.2 Å². The van der Waals surface area contributed by atoms with Crippen LogP contribution in [0, 0.1) is 13.8 Å². The number of likely N-dealkylation sites (tertiary alicyclic amines) is 1. The number of amides is 1. The van der Waals surface area contributed by atoms with E-state index in [9.17, 15) is 19.5 Å². The Balaban J connectivity index is 1.30. The van der Waals surface area contributed by atoms with Crippen molar-refractivity contribution in [2.75, 3.05) is 26.1 Å². The van der Waals surface area contributed by atoms with Gasteiger partial charge in [-0.3, -0.25) is 29.3 Å². The van der Waals surface area contributed by atoms with Crippen LogP contribution in [-0.4, -0.2) is 64.4 Å². The van der Waals surface area contributed by atoms with Crippen LogP contribution in [0.25, 0.3) is 11.1 Å². The lowest BCUT2D eigenvalue weighted by molar-refractivity contribution is -0.144. The van der Waals surface area contributed by atoms with Gasteiger partial charge in [-0.1, -0.05) is 54.4 Å². The molecule has 4 aromatic rings. The summed E-state index contributed by atoms with van der Waals surface area (Å²) in [5.41, 5.74) is 6.75. The van der Waals surface area contributed by atoms with Gasteiger partial charge in [0.25, 0.3) is 5.91 Å². The van der Waals surface area contributed by atoms with Gasteiger partial charge in [-0.25, -0.2) is 0 Å². The smallest absolute Gasteiger partial charge is 0.320 e. The Morgan fingerprint density at radius 2 is 1.69 bits per heavy atom. The summed E-state index contributed by atoms with van der Waals surface area (Å²) in [7, 11) is 3.04. The topological polar surface area (TPSA) is 131 Å². The van der Waals surface area contributed by atoms with E-state index < -0.39 is 24.2 Å². The van der Waals surface area contributed by atoms with Crippen molar-refractivity contribution in [3.05, 3.63) is 111 Å². The van der Waals surface area contributed by atoms with Crippen LogP contribution in [-0.2, 0) is 27.2 Å². The standard InChI is InChI=1S/C37H39ClN4O6/c1-22-17-31(40-20-26(22)21-42-16-6-5-13-32(42)36(45)46)33(43)18-24-9-7-10-27(23(24)2)28-11-8-12-29(34(28)38)41-35(44)30-15-14-25(19-39-30)37(47-3)48-4/h7-12,14-15,17,19-20,32,37H,5-6,13,16,18,21H2,1-4H3,(H,41,44)(H,45,46)/t32-/m0/s1. The lowest BCUT2D eigenvalue weighted by Gasteiger charge is -2.33. The van der Waals surface area contributed by atoms with Crippen LogP contribution in [0.15, 0.2) is 67.0 Å². The van der Waals surface area contributed by atoms with Gasteiger partial charge >= 0.3 is 5.97 Å². The largest absolute Gasteiger partial charge is 0.480 e. The molecule has 1 atom stereocenters. The van der Waals surface area contributed by atoms with Gasteiger partial charge in [-0.2, -0.15) is 0 Å². The minimum absolute atomic E-state index is 0.126. The van der Waals surface area contributed by atoms with Crippen LogP contribution in [0.5, 0.6) is 0 Å². The molecule has 2 aromatic carbocycles. The van der Waals surface area contributed by atoms with Crippen LogP contribution in [0.1, 0.15) is 74.3 Å². The fourth-order valence-corrected chi connectivity index (χ4v) is 6.36. The number of anilines is 1. The third kappa shape index (κ3) is 7.79. The van der Waals surface area contributed by atoms with Crippen molar-refractivity contribution < 1.29 is 29.0 Å². The molecule has 250 valence electrons. The number of pyridine rings is 2. The molecule has 1 saturated heterocycles. The number of benzene rings is 2. The Bertz CT molecular complexity index is 1810. The maximum Gasteiger partial charge on any atom is 0.320 e. The average molecular weight is 671 g/mol. The zero-order chi connectivity index (χ0) is 34.4. The molecule has 48 heavy (non-hydrogen) atoms. The predicted octanol–water partition coefficient (Wildman–Crippen LogP) is 6.82. The van der Waals surface area contributed by atoms with E-state index in [0.29, 0.717) is 40.5 Å². The molecule has 0 spiro atoms. The molecule has 0 aliphatic carbocycles. The summed E-state index contributed by atoms with van der Waals surface area (Å²) in [5.74, 6) is -1.35. The molecule has 1 aliphatic heterocycles.